The molecule has 2 N–H and O–H groups in total. The Bertz CT molecular complexity index is 622. The molecule has 2 rings (SSSR count). The molecular weight excluding hydrogens is 252 g/mol. The van der Waals surface area contributed by atoms with Gasteiger partial charge in [0.05, 0.1) is 5.69 Å². The molecule has 100 valence electrons. The Morgan fingerprint density at radius 2 is 1.42 bits per heavy atom. The zero-order chi connectivity index (χ0) is 14.2. The van der Waals surface area contributed by atoms with E-state index in [4.69, 9.17) is 5.73 Å². The van der Waals surface area contributed by atoms with Gasteiger partial charge in [-0.15, -0.1) is 11.3 Å². The highest BCUT2D eigenvalue weighted by Crippen LogP contribution is 2.27. The van der Waals surface area contributed by atoms with Gasteiger partial charge < -0.3 is 5.73 Å². The van der Waals surface area contributed by atoms with E-state index in [2.05, 4.69) is 45.7 Å². The predicted octanol–water partition coefficient (Wildman–Crippen LogP) is 4.44. The second-order valence-electron chi connectivity index (χ2n) is 4.98. The van der Waals surface area contributed by atoms with E-state index in [9.17, 15) is 0 Å². The smallest absolute Gasteiger partial charge is 0.180 e. The molecule has 0 aliphatic rings. The summed E-state index contributed by atoms with van der Waals surface area (Å²) in [5.74, 6) is 0. The summed E-state index contributed by atoms with van der Waals surface area (Å²) in [6.45, 7) is 10.9. The maximum Gasteiger partial charge on any atom is 0.180 e. The molecule has 0 spiro atoms. The van der Waals surface area contributed by atoms with E-state index in [0.29, 0.717) is 5.13 Å². The van der Waals surface area contributed by atoms with Crippen molar-refractivity contribution in [1.29, 1.82) is 0 Å². The van der Waals surface area contributed by atoms with E-state index in [1.165, 1.54) is 44.7 Å². The van der Waals surface area contributed by atoms with Gasteiger partial charge in [0.2, 0.25) is 0 Å². The fraction of sp³-hybridized carbons (Fsp3) is 0.312. The maximum atomic E-state index is 5.65. The lowest BCUT2D eigenvalue weighted by atomic mass is 9.89. The van der Waals surface area contributed by atoms with Crippen molar-refractivity contribution in [3.8, 4) is 0 Å². The average Bonchev–Trinajstić information content (AvgIpc) is 2.80. The first-order valence-corrected chi connectivity index (χ1v) is 7.25. The van der Waals surface area contributed by atoms with Crippen LogP contribution in [0.2, 0.25) is 0 Å². The van der Waals surface area contributed by atoms with Gasteiger partial charge in [-0.05, 0) is 74.1 Å². The summed E-state index contributed by atoms with van der Waals surface area (Å²) in [5.41, 5.74) is 14.7. The predicted molar refractivity (Wildman–Crippen MR) is 85.6 cm³/mol. The van der Waals surface area contributed by atoms with Crippen molar-refractivity contribution in [1.82, 2.24) is 4.98 Å². The molecule has 19 heavy (non-hydrogen) atoms. The van der Waals surface area contributed by atoms with Crippen LogP contribution >= 0.6 is 11.3 Å². The average molecular weight is 272 g/mol. The normalized spacial score (nSPS) is 11.4. The molecule has 1 heterocycles. The maximum absolute atomic E-state index is 5.65. The summed E-state index contributed by atoms with van der Waals surface area (Å²) in [6.07, 6.45) is 4.19. The fourth-order valence-corrected chi connectivity index (χ4v) is 2.86. The Kier molecular flexibility index (Phi) is 3.76. The highest BCUT2D eigenvalue weighted by Gasteiger charge is 2.10. The van der Waals surface area contributed by atoms with Gasteiger partial charge in [-0.25, -0.2) is 4.98 Å². The number of hydrogen-bond donors (Lipinski definition) is 1. The first-order chi connectivity index (χ1) is 8.91. The summed E-state index contributed by atoms with van der Waals surface area (Å²) in [4.78, 5) is 4.26. The second kappa shape index (κ2) is 5.17. The highest BCUT2D eigenvalue weighted by molar-refractivity contribution is 7.13. The summed E-state index contributed by atoms with van der Waals surface area (Å²) in [5, 5.41) is 2.59. The van der Waals surface area contributed by atoms with Crippen molar-refractivity contribution < 1.29 is 0 Å². The molecule has 1 aromatic heterocycles. The van der Waals surface area contributed by atoms with Crippen LogP contribution in [0.1, 0.15) is 39.1 Å². The Hall–Kier alpha value is -1.61. The molecule has 0 saturated heterocycles. The zero-order valence-corrected chi connectivity index (χ0v) is 13.0. The zero-order valence-electron chi connectivity index (χ0n) is 12.2. The lowest BCUT2D eigenvalue weighted by molar-refractivity contribution is 1.16. The number of nitrogen functional groups attached to an aromatic ring is 1. The summed E-state index contributed by atoms with van der Waals surface area (Å²) < 4.78 is 0. The molecule has 1 aromatic carbocycles. The first kappa shape index (κ1) is 13.8. The van der Waals surface area contributed by atoms with E-state index in [1.807, 2.05) is 11.5 Å². The first-order valence-electron chi connectivity index (χ1n) is 6.38. The summed E-state index contributed by atoms with van der Waals surface area (Å²) >= 11 is 1.47. The number of benzene rings is 1. The quantitative estimate of drug-likeness (QED) is 0.878. The van der Waals surface area contributed by atoms with Crippen LogP contribution in [0.25, 0.3) is 12.2 Å². The lowest BCUT2D eigenvalue weighted by Gasteiger charge is -2.16. The number of thiazole rings is 1. The molecule has 0 aliphatic carbocycles. The van der Waals surface area contributed by atoms with Crippen molar-refractivity contribution in [2.75, 3.05) is 5.73 Å². The van der Waals surface area contributed by atoms with Crippen LogP contribution in [0.4, 0.5) is 5.13 Å². The molecule has 0 atom stereocenters. The Labute approximate surface area is 119 Å². The molecule has 0 radical (unpaired) electrons. The third-order valence-corrected chi connectivity index (χ3v) is 4.71. The SMILES string of the molecule is Cc1c(C)c(C)c(C=Cc2csc(N)n2)c(C)c1C. The minimum absolute atomic E-state index is 0.615. The van der Waals surface area contributed by atoms with Crippen LogP contribution in [-0.2, 0) is 0 Å². The molecule has 3 heteroatoms. The van der Waals surface area contributed by atoms with Gasteiger partial charge in [0.1, 0.15) is 0 Å². The fourth-order valence-electron chi connectivity index (χ4n) is 2.32. The van der Waals surface area contributed by atoms with Crippen LogP contribution < -0.4 is 5.73 Å². The third-order valence-electron chi connectivity index (χ3n) is 4.02. The van der Waals surface area contributed by atoms with E-state index < -0.39 is 0 Å². The molecule has 0 fully saturated rings. The largest absolute Gasteiger partial charge is 0.375 e. The van der Waals surface area contributed by atoms with Crippen molar-refractivity contribution in [2.24, 2.45) is 0 Å². The van der Waals surface area contributed by atoms with Crippen LogP contribution in [0.15, 0.2) is 5.38 Å². The van der Waals surface area contributed by atoms with Crippen molar-refractivity contribution >= 4 is 28.6 Å². The molecule has 0 amide bonds. The minimum Gasteiger partial charge on any atom is -0.375 e. The van der Waals surface area contributed by atoms with Crippen LogP contribution in [0.3, 0.4) is 0 Å². The molecule has 0 saturated carbocycles. The Morgan fingerprint density at radius 1 is 0.895 bits per heavy atom. The number of aromatic nitrogens is 1. The number of hydrogen-bond acceptors (Lipinski definition) is 3. The standard InChI is InChI=1S/C16H20N2S/c1-9-10(2)12(4)15(13(5)11(9)3)7-6-14-8-19-16(17)18-14/h6-8H,1-5H3,(H2,17,18). The van der Waals surface area contributed by atoms with E-state index in [-0.39, 0.29) is 0 Å². The van der Waals surface area contributed by atoms with Crippen LogP contribution in [0.5, 0.6) is 0 Å². The molecule has 2 aromatic rings. The van der Waals surface area contributed by atoms with E-state index in [1.54, 1.807) is 0 Å². The molecular formula is C16H20N2S. The van der Waals surface area contributed by atoms with Gasteiger partial charge in [-0.3, -0.25) is 0 Å². The molecule has 0 unspecified atom stereocenters. The van der Waals surface area contributed by atoms with E-state index >= 15 is 0 Å². The molecule has 2 nitrogen and oxygen atoms in total. The summed E-state index contributed by atoms with van der Waals surface area (Å²) in [6, 6.07) is 0. The van der Waals surface area contributed by atoms with Crippen molar-refractivity contribution in [3.63, 3.8) is 0 Å². The molecule has 0 aliphatic heterocycles. The number of anilines is 1. The van der Waals surface area contributed by atoms with E-state index in [0.717, 1.165) is 5.69 Å². The van der Waals surface area contributed by atoms with Crippen molar-refractivity contribution in [3.05, 3.63) is 44.5 Å². The van der Waals surface area contributed by atoms with Gasteiger partial charge >= 0.3 is 0 Å². The monoisotopic (exact) mass is 272 g/mol. The Morgan fingerprint density at radius 3 is 1.89 bits per heavy atom. The number of rotatable bonds is 2. The van der Waals surface area contributed by atoms with Gasteiger partial charge in [-0.1, -0.05) is 6.08 Å². The Balaban J connectivity index is 2.49. The van der Waals surface area contributed by atoms with Gasteiger partial charge in [0, 0.05) is 5.38 Å². The van der Waals surface area contributed by atoms with Crippen LogP contribution in [-0.4, -0.2) is 4.98 Å². The van der Waals surface area contributed by atoms with Crippen LogP contribution in [0, 0.1) is 34.6 Å². The lowest BCUT2D eigenvalue weighted by Crippen LogP contribution is -1.99. The summed E-state index contributed by atoms with van der Waals surface area (Å²) in [7, 11) is 0. The topological polar surface area (TPSA) is 38.9 Å². The van der Waals surface area contributed by atoms with Gasteiger partial charge in [0.15, 0.2) is 5.13 Å². The number of nitrogens with two attached hydrogens (primary N) is 1. The molecule has 0 bridgehead atoms. The van der Waals surface area contributed by atoms with Gasteiger partial charge in [-0.2, -0.15) is 0 Å². The highest BCUT2D eigenvalue weighted by atomic mass is 32.1. The number of nitrogens with zero attached hydrogens (tertiary/aromatic N) is 1. The second-order valence-corrected chi connectivity index (χ2v) is 5.87. The minimum atomic E-state index is 0.615. The van der Waals surface area contributed by atoms with Crippen molar-refractivity contribution in [2.45, 2.75) is 34.6 Å². The third kappa shape index (κ3) is 2.56. The van der Waals surface area contributed by atoms with Gasteiger partial charge in [0.25, 0.3) is 0 Å².